The second-order valence-electron chi connectivity index (χ2n) is 6.42. The van der Waals surface area contributed by atoms with Crippen LogP contribution >= 0.6 is 0 Å². The van der Waals surface area contributed by atoms with Crippen LogP contribution in [0.3, 0.4) is 0 Å². The highest BCUT2D eigenvalue weighted by Crippen LogP contribution is 2.27. The second kappa shape index (κ2) is 7.33. The van der Waals surface area contributed by atoms with E-state index in [2.05, 4.69) is 27.4 Å². The van der Waals surface area contributed by atoms with Gasteiger partial charge in [-0.3, -0.25) is 4.79 Å². The van der Waals surface area contributed by atoms with Crippen molar-refractivity contribution in [1.29, 1.82) is 0 Å². The Labute approximate surface area is 156 Å². The number of carbonyl (C=O) groups excluding carboxylic acids is 1. The van der Waals surface area contributed by atoms with Crippen molar-refractivity contribution in [3.8, 4) is 16.9 Å². The maximum atomic E-state index is 12.1. The lowest BCUT2D eigenvalue weighted by molar-refractivity contribution is -0.120. The number of hydrogen-bond donors (Lipinski definition) is 3. The number of nitrogens with one attached hydrogen (secondary N) is 2. The minimum Gasteiger partial charge on any atom is -0.508 e. The average Bonchev–Trinajstić information content (AvgIpc) is 3.17. The SMILES string of the molecule is O=C(Cc1ccc(O)cc1)NCc1ccc(-c2ccnc3[nH]ccc23)cc1. The van der Waals surface area contributed by atoms with Gasteiger partial charge in [-0.05, 0) is 46.5 Å². The number of pyridine rings is 1. The standard InChI is InChI=1S/C22H19N3O2/c26-18-7-3-15(4-8-18)13-21(27)25-14-16-1-5-17(6-2-16)19-9-11-23-22-20(19)10-12-24-22/h1-12,26H,13-14H2,(H,23,24)(H,25,27). The summed E-state index contributed by atoms with van der Waals surface area (Å²) < 4.78 is 0. The minimum absolute atomic E-state index is 0.0482. The van der Waals surface area contributed by atoms with Crippen LogP contribution < -0.4 is 5.32 Å². The molecule has 0 unspecified atom stereocenters. The molecule has 4 aromatic rings. The van der Waals surface area contributed by atoms with Gasteiger partial charge in [0.05, 0.1) is 6.42 Å². The van der Waals surface area contributed by atoms with Gasteiger partial charge in [0.25, 0.3) is 0 Å². The molecular formula is C22H19N3O2. The zero-order valence-electron chi connectivity index (χ0n) is 14.6. The van der Waals surface area contributed by atoms with E-state index in [1.54, 1.807) is 30.5 Å². The maximum Gasteiger partial charge on any atom is 0.224 e. The Morgan fingerprint density at radius 3 is 2.48 bits per heavy atom. The molecule has 0 aliphatic rings. The van der Waals surface area contributed by atoms with E-state index in [4.69, 9.17) is 0 Å². The van der Waals surface area contributed by atoms with Crippen molar-refractivity contribution in [2.45, 2.75) is 13.0 Å². The van der Waals surface area contributed by atoms with E-state index in [9.17, 15) is 9.90 Å². The molecule has 5 heteroatoms. The summed E-state index contributed by atoms with van der Waals surface area (Å²) in [6.45, 7) is 0.479. The molecule has 27 heavy (non-hydrogen) atoms. The number of H-pyrrole nitrogens is 1. The molecule has 3 N–H and O–H groups in total. The number of fused-ring (bicyclic) bond motifs is 1. The summed E-state index contributed by atoms with van der Waals surface area (Å²) in [5, 5.41) is 13.3. The quantitative estimate of drug-likeness (QED) is 0.508. The van der Waals surface area contributed by atoms with Crippen molar-refractivity contribution in [3.05, 3.63) is 84.2 Å². The summed E-state index contributed by atoms with van der Waals surface area (Å²) in [4.78, 5) is 19.5. The van der Waals surface area contributed by atoms with E-state index in [1.165, 1.54) is 0 Å². The van der Waals surface area contributed by atoms with Crippen molar-refractivity contribution in [3.63, 3.8) is 0 Å². The molecule has 2 aromatic carbocycles. The number of hydrogen-bond acceptors (Lipinski definition) is 3. The Morgan fingerprint density at radius 2 is 1.70 bits per heavy atom. The van der Waals surface area contributed by atoms with Crippen molar-refractivity contribution in [2.24, 2.45) is 0 Å². The third-order valence-corrected chi connectivity index (χ3v) is 4.52. The second-order valence-corrected chi connectivity index (χ2v) is 6.42. The monoisotopic (exact) mass is 357 g/mol. The van der Waals surface area contributed by atoms with Gasteiger partial charge in [-0.2, -0.15) is 0 Å². The molecular weight excluding hydrogens is 338 g/mol. The fraction of sp³-hybridized carbons (Fsp3) is 0.0909. The van der Waals surface area contributed by atoms with Gasteiger partial charge in [-0.25, -0.2) is 4.98 Å². The van der Waals surface area contributed by atoms with E-state index in [-0.39, 0.29) is 11.7 Å². The topological polar surface area (TPSA) is 78.0 Å². The van der Waals surface area contributed by atoms with E-state index >= 15 is 0 Å². The van der Waals surface area contributed by atoms with Crippen molar-refractivity contribution < 1.29 is 9.90 Å². The number of aromatic nitrogens is 2. The first-order chi connectivity index (χ1) is 13.2. The van der Waals surface area contributed by atoms with Gasteiger partial charge < -0.3 is 15.4 Å². The molecule has 0 saturated heterocycles. The predicted molar refractivity (Wildman–Crippen MR) is 105 cm³/mol. The zero-order valence-corrected chi connectivity index (χ0v) is 14.6. The predicted octanol–water partition coefficient (Wildman–Crippen LogP) is 3.79. The summed E-state index contributed by atoms with van der Waals surface area (Å²) in [7, 11) is 0. The molecule has 5 nitrogen and oxygen atoms in total. The summed E-state index contributed by atoms with van der Waals surface area (Å²) in [5.74, 6) is 0.151. The number of nitrogens with zero attached hydrogens (tertiary/aromatic N) is 1. The number of phenolic OH excluding ortho intramolecular Hbond substituents is 1. The molecule has 0 spiro atoms. The minimum atomic E-state index is -0.0482. The highest BCUT2D eigenvalue weighted by Gasteiger charge is 2.07. The first-order valence-corrected chi connectivity index (χ1v) is 8.75. The van der Waals surface area contributed by atoms with Crippen LogP contribution in [0.2, 0.25) is 0 Å². The van der Waals surface area contributed by atoms with Gasteiger partial charge in [-0.1, -0.05) is 36.4 Å². The lowest BCUT2D eigenvalue weighted by Crippen LogP contribution is -2.24. The Balaban J connectivity index is 1.40. The van der Waals surface area contributed by atoms with Crippen LogP contribution in [-0.4, -0.2) is 21.0 Å². The molecule has 1 amide bonds. The number of carbonyl (C=O) groups is 1. The largest absolute Gasteiger partial charge is 0.508 e. The molecule has 0 atom stereocenters. The van der Waals surface area contributed by atoms with Crippen LogP contribution in [0, 0.1) is 0 Å². The highest BCUT2D eigenvalue weighted by molar-refractivity contribution is 5.92. The van der Waals surface area contributed by atoms with Crippen LogP contribution in [0.4, 0.5) is 0 Å². The fourth-order valence-electron chi connectivity index (χ4n) is 3.08. The average molecular weight is 357 g/mol. The number of aromatic hydroxyl groups is 1. The normalized spacial score (nSPS) is 10.8. The van der Waals surface area contributed by atoms with Crippen molar-refractivity contribution in [2.75, 3.05) is 0 Å². The highest BCUT2D eigenvalue weighted by atomic mass is 16.3. The molecule has 134 valence electrons. The number of aromatic amines is 1. The number of amides is 1. The van der Waals surface area contributed by atoms with Gasteiger partial charge in [0, 0.05) is 24.3 Å². The zero-order chi connectivity index (χ0) is 18.6. The molecule has 0 saturated carbocycles. The number of benzene rings is 2. The number of rotatable bonds is 5. The Morgan fingerprint density at radius 1 is 0.963 bits per heavy atom. The van der Waals surface area contributed by atoms with Crippen LogP contribution in [0.1, 0.15) is 11.1 Å². The van der Waals surface area contributed by atoms with Gasteiger partial charge in [0.2, 0.25) is 5.91 Å². The summed E-state index contributed by atoms with van der Waals surface area (Å²) in [6, 6.07) is 18.9. The Hall–Kier alpha value is -3.60. The van der Waals surface area contributed by atoms with Crippen LogP contribution in [0.25, 0.3) is 22.2 Å². The lowest BCUT2D eigenvalue weighted by Gasteiger charge is -2.08. The maximum absolute atomic E-state index is 12.1. The van der Waals surface area contributed by atoms with Gasteiger partial charge in [-0.15, -0.1) is 0 Å². The van der Waals surface area contributed by atoms with E-state index in [0.717, 1.165) is 33.3 Å². The summed E-state index contributed by atoms with van der Waals surface area (Å²) in [5.41, 5.74) is 5.02. The third-order valence-electron chi connectivity index (χ3n) is 4.52. The lowest BCUT2D eigenvalue weighted by atomic mass is 10.0. The smallest absolute Gasteiger partial charge is 0.224 e. The van der Waals surface area contributed by atoms with Gasteiger partial charge >= 0.3 is 0 Å². The summed E-state index contributed by atoms with van der Waals surface area (Å²) in [6.07, 6.45) is 3.98. The van der Waals surface area contributed by atoms with Crippen molar-refractivity contribution >= 4 is 16.9 Å². The van der Waals surface area contributed by atoms with Gasteiger partial charge in [0.15, 0.2) is 0 Å². The molecule has 2 aromatic heterocycles. The number of phenols is 1. The van der Waals surface area contributed by atoms with E-state index in [1.807, 2.05) is 30.5 Å². The molecule has 2 heterocycles. The Kier molecular flexibility index (Phi) is 4.58. The first kappa shape index (κ1) is 16.8. The van der Waals surface area contributed by atoms with E-state index in [0.29, 0.717) is 13.0 Å². The van der Waals surface area contributed by atoms with Crippen molar-refractivity contribution in [1.82, 2.24) is 15.3 Å². The Bertz CT molecular complexity index is 1070. The van der Waals surface area contributed by atoms with Crippen LogP contribution in [0.5, 0.6) is 5.75 Å². The molecule has 0 aliphatic heterocycles. The van der Waals surface area contributed by atoms with Gasteiger partial charge in [0.1, 0.15) is 11.4 Å². The molecule has 0 bridgehead atoms. The first-order valence-electron chi connectivity index (χ1n) is 8.75. The molecule has 0 aliphatic carbocycles. The third kappa shape index (κ3) is 3.82. The molecule has 0 fully saturated rings. The van der Waals surface area contributed by atoms with Crippen LogP contribution in [-0.2, 0) is 17.8 Å². The summed E-state index contributed by atoms with van der Waals surface area (Å²) >= 11 is 0. The fourth-order valence-corrected chi connectivity index (χ4v) is 3.08. The molecule has 4 rings (SSSR count). The van der Waals surface area contributed by atoms with Crippen LogP contribution in [0.15, 0.2) is 73.1 Å². The molecule has 0 radical (unpaired) electrons. The van der Waals surface area contributed by atoms with E-state index < -0.39 is 0 Å².